The van der Waals surface area contributed by atoms with Gasteiger partial charge in [0.15, 0.2) is 0 Å². The highest BCUT2D eigenvalue weighted by molar-refractivity contribution is 9.11. The number of fused-ring (bicyclic) bond motifs is 1. The molecule has 22 heavy (non-hydrogen) atoms. The molecule has 0 aliphatic heterocycles. The molecule has 0 radical (unpaired) electrons. The van der Waals surface area contributed by atoms with E-state index in [1.807, 2.05) is 54.1 Å². The van der Waals surface area contributed by atoms with Gasteiger partial charge in [-0.25, -0.2) is 0 Å². The van der Waals surface area contributed by atoms with Crippen LogP contribution in [0, 0.1) is 11.3 Å². The van der Waals surface area contributed by atoms with Crippen molar-refractivity contribution in [3.8, 4) is 11.8 Å². The lowest BCUT2D eigenvalue weighted by molar-refractivity contribution is 0.295. The fraction of sp³-hybridized carbons (Fsp3) is 0.118. The second-order valence-electron chi connectivity index (χ2n) is 4.87. The number of rotatable bonds is 3. The minimum absolute atomic E-state index is 0.342. The number of hydrogen-bond acceptors (Lipinski definition) is 2. The SMILES string of the molecule is Cn1c(COc2ccc(Br)cc2Br)c(C#N)c2ccccc21. The summed E-state index contributed by atoms with van der Waals surface area (Å²) < 4.78 is 9.76. The highest BCUT2D eigenvalue weighted by Gasteiger charge is 2.15. The maximum absolute atomic E-state index is 9.48. The fourth-order valence-electron chi connectivity index (χ4n) is 2.48. The van der Waals surface area contributed by atoms with Crippen LogP contribution < -0.4 is 4.74 Å². The molecule has 1 aromatic heterocycles. The number of nitriles is 1. The van der Waals surface area contributed by atoms with Crippen molar-refractivity contribution in [2.45, 2.75) is 6.61 Å². The van der Waals surface area contributed by atoms with Crippen LogP contribution in [-0.4, -0.2) is 4.57 Å². The number of aryl methyl sites for hydroxylation is 1. The summed E-state index contributed by atoms with van der Waals surface area (Å²) in [5.41, 5.74) is 2.58. The molecule has 3 aromatic rings. The molecule has 0 bridgehead atoms. The molecule has 0 saturated heterocycles. The first-order chi connectivity index (χ1) is 10.6. The Morgan fingerprint density at radius 2 is 1.95 bits per heavy atom. The molecule has 0 unspecified atom stereocenters. The Kier molecular flexibility index (Phi) is 4.23. The van der Waals surface area contributed by atoms with E-state index in [4.69, 9.17) is 4.74 Å². The van der Waals surface area contributed by atoms with Crippen LogP contribution in [0.25, 0.3) is 10.9 Å². The summed E-state index contributed by atoms with van der Waals surface area (Å²) in [6.07, 6.45) is 0. The predicted molar refractivity (Wildman–Crippen MR) is 93.8 cm³/mol. The molecule has 3 nitrogen and oxygen atoms in total. The third-order valence-corrected chi connectivity index (χ3v) is 4.71. The molecular weight excluding hydrogens is 408 g/mol. The van der Waals surface area contributed by atoms with E-state index in [1.54, 1.807) is 0 Å². The van der Waals surface area contributed by atoms with Gasteiger partial charge in [-0.1, -0.05) is 34.1 Å². The maximum Gasteiger partial charge on any atom is 0.134 e. The lowest BCUT2D eigenvalue weighted by Gasteiger charge is -2.10. The van der Waals surface area contributed by atoms with Crippen LogP contribution in [0.3, 0.4) is 0 Å². The van der Waals surface area contributed by atoms with Crippen LogP contribution in [0.4, 0.5) is 0 Å². The zero-order valence-electron chi connectivity index (χ0n) is 11.8. The Balaban J connectivity index is 1.97. The molecule has 0 amide bonds. The Morgan fingerprint density at radius 3 is 2.68 bits per heavy atom. The van der Waals surface area contributed by atoms with Crippen LogP contribution in [0.2, 0.25) is 0 Å². The molecule has 0 fully saturated rings. The molecule has 0 aliphatic rings. The van der Waals surface area contributed by atoms with Gasteiger partial charge in [0.25, 0.3) is 0 Å². The lowest BCUT2D eigenvalue weighted by Crippen LogP contribution is -2.04. The Bertz CT molecular complexity index is 894. The van der Waals surface area contributed by atoms with Gasteiger partial charge >= 0.3 is 0 Å². The summed E-state index contributed by atoms with van der Waals surface area (Å²) in [4.78, 5) is 0. The van der Waals surface area contributed by atoms with Crippen molar-refractivity contribution in [1.82, 2.24) is 4.57 Å². The zero-order valence-corrected chi connectivity index (χ0v) is 15.0. The highest BCUT2D eigenvalue weighted by Crippen LogP contribution is 2.30. The minimum Gasteiger partial charge on any atom is -0.486 e. The second kappa shape index (κ2) is 6.15. The fourth-order valence-corrected chi connectivity index (χ4v) is 3.64. The van der Waals surface area contributed by atoms with E-state index in [9.17, 15) is 5.26 Å². The van der Waals surface area contributed by atoms with Gasteiger partial charge in [-0.05, 0) is 40.2 Å². The van der Waals surface area contributed by atoms with Gasteiger partial charge in [-0.15, -0.1) is 0 Å². The van der Waals surface area contributed by atoms with Gasteiger partial charge in [-0.3, -0.25) is 0 Å². The Labute approximate surface area is 145 Å². The molecule has 0 atom stereocenters. The third kappa shape index (κ3) is 2.65. The molecule has 2 aromatic carbocycles. The molecule has 0 aliphatic carbocycles. The summed E-state index contributed by atoms with van der Waals surface area (Å²) in [5.74, 6) is 0.748. The van der Waals surface area contributed by atoms with Crippen molar-refractivity contribution >= 4 is 42.8 Å². The summed E-state index contributed by atoms with van der Waals surface area (Å²) in [5, 5.41) is 10.4. The smallest absolute Gasteiger partial charge is 0.134 e. The van der Waals surface area contributed by atoms with E-state index < -0.39 is 0 Å². The normalized spacial score (nSPS) is 10.6. The number of halogens is 2. The molecule has 5 heteroatoms. The van der Waals surface area contributed by atoms with Crippen LogP contribution in [0.15, 0.2) is 51.4 Å². The summed E-state index contributed by atoms with van der Waals surface area (Å²) >= 11 is 6.90. The maximum atomic E-state index is 9.48. The first-order valence-electron chi connectivity index (χ1n) is 6.66. The van der Waals surface area contributed by atoms with Crippen LogP contribution in [0.1, 0.15) is 11.3 Å². The predicted octanol–water partition coefficient (Wildman–Crippen LogP) is 5.15. The van der Waals surface area contributed by atoms with Crippen molar-refractivity contribution in [1.29, 1.82) is 5.26 Å². The quantitative estimate of drug-likeness (QED) is 0.588. The zero-order chi connectivity index (χ0) is 15.7. The van der Waals surface area contributed by atoms with Gasteiger partial charge in [0, 0.05) is 22.4 Å². The van der Waals surface area contributed by atoms with Gasteiger partial charge in [0.1, 0.15) is 18.4 Å². The van der Waals surface area contributed by atoms with Gasteiger partial charge < -0.3 is 9.30 Å². The van der Waals surface area contributed by atoms with Gasteiger partial charge in [0.2, 0.25) is 0 Å². The van der Waals surface area contributed by atoms with Gasteiger partial charge in [-0.2, -0.15) is 5.26 Å². The van der Waals surface area contributed by atoms with E-state index in [-0.39, 0.29) is 0 Å². The van der Waals surface area contributed by atoms with Crippen molar-refractivity contribution < 1.29 is 4.74 Å². The Morgan fingerprint density at radius 1 is 1.18 bits per heavy atom. The highest BCUT2D eigenvalue weighted by atomic mass is 79.9. The summed E-state index contributed by atoms with van der Waals surface area (Å²) in [7, 11) is 1.96. The van der Waals surface area contributed by atoms with Crippen molar-refractivity contribution in [2.24, 2.45) is 7.05 Å². The number of para-hydroxylation sites is 1. The minimum atomic E-state index is 0.342. The number of hydrogen-bond donors (Lipinski definition) is 0. The molecule has 3 rings (SSSR count). The second-order valence-corrected chi connectivity index (χ2v) is 6.64. The molecule has 1 heterocycles. The number of aromatic nitrogens is 1. The monoisotopic (exact) mass is 418 g/mol. The van der Waals surface area contributed by atoms with Crippen LogP contribution in [0.5, 0.6) is 5.75 Å². The first kappa shape index (κ1) is 15.1. The van der Waals surface area contributed by atoms with Crippen molar-refractivity contribution in [3.63, 3.8) is 0 Å². The molecule has 0 N–H and O–H groups in total. The summed E-state index contributed by atoms with van der Waals surface area (Å²) in [6.45, 7) is 0.342. The van der Waals surface area contributed by atoms with Crippen LogP contribution >= 0.6 is 31.9 Å². The topological polar surface area (TPSA) is 38.0 Å². The van der Waals surface area contributed by atoms with E-state index in [2.05, 4.69) is 37.9 Å². The largest absolute Gasteiger partial charge is 0.486 e. The van der Waals surface area contributed by atoms with E-state index in [0.717, 1.165) is 31.3 Å². The molecular formula is C17H12Br2N2O. The third-order valence-electron chi connectivity index (χ3n) is 3.60. The molecule has 110 valence electrons. The standard InChI is InChI=1S/C17H12Br2N2O/c1-21-15-5-3-2-4-12(15)13(9-20)16(21)10-22-17-7-6-11(18)8-14(17)19/h2-8H,10H2,1H3. The van der Waals surface area contributed by atoms with E-state index in [0.29, 0.717) is 12.2 Å². The molecule has 0 spiro atoms. The van der Waals surface area contributed by atoms with Crippen molar-refractivity contribution in [3.05, 3.63) is 62.7 Å². The molecule has 0 saturated carbocycles. The number of benzene rings is 2. The average Bonchev–Trinajstić information content (AvgIpc) is 2.79. The van der Waals surface area contributed by atoms with E-state index in [1.165, 1.54) is 0 Å². The Hall–Kier alpha value is -1.77. The number of nitrogens with zero attached hydrogens (tertiary/aromatic N) is 2. The average molecular weight is 420 g/mol. The lowest BCUT2D eigenvalue weighted by atomic mass is 10.1. The van der Waals surface area contributed by atoms with E-state index >= 15 is 0 Å². The number of ether oxygens (including phenoxy) is 1. The van der Waals surface area contributed by atoms with Crippen molar-refractivity contribution in [2.75, 3.05) is 0 Å². The van der Waals surface area contributed by atoms with Crippen LogP contribution in [-0.2, 0) is 13.7 Å². The first-order valence-corrected chi connectivity index (χ1v) is 8.24. The van der Waals surface area contributed by atoms with Gasteiger partial charge in [0.05, 0.1) is 15.7 Å². The summed E-state index contributed by atoms with van der Waals surface area (Å²) in [6, 6.07) is 15.9.